The van der Waals surface area contributed by atoms with Gasteiger partial charge in [-0.05, 0) is 24.7 Å². The molecule has 4 aliphatic rings. The third-order valence-electron chi connectivity index (χ3n) is 3.74. The first kappa shape index (κ1) is 8.21. The predicted molar refractivity (Wildman–Crippen MR) is 48.1 cm³/mol. The maximum absolute atomic E-state index is 11.5. The highest BCUT2D eigenvalue weighted by molar-refractivity contribution is 5.97. The van der Waals surface area contributed by atoms with Crippen LogP contribution in [0.3, 0.4) is 0 Å². The smallest absolute Gasteiger partial charge is 0.318 e. The molecule has 74 valence electrons. The average molecular weight is 192 g/mol. The maximum Gasteiger partial charge on any atom is 0.318 e. The van der Waals surface area contributed by atoms with Gasteiger partial charge in [0.05, 0.1) is 11.8 Å². The molecule has 0 aromatic rings. The van der Waals surface area contributed by atoms with E-state index in [-0.39, 0.29) is 35.6 Å². The Balaban J connectivity index is 2.06. The average Bonchev–Trinajstić information content (AvgIpc) is 2.42. The molecule has 3 heteroatoms. The van der Waals surface area contributed by atoms with E-state index < -0.39 is 0 Å². The summed E-state index contributed by atoms with van der Waals surface area (Å²) >= 11 is 0. The normalized spacial score (nSPS) is 44.9. The van der Waals surface area contributed by atoms with Crippen LogP contribution in [0, 0.1) is 23.7 Å². The maximum atomic E-state index is 11.5. The zero-order chi connectivity index (χ0) is 9.71. The van der Waals surface area contributed by atoms with E-state index >= 15 is 0 Å². The van der Waals surface area contributed by atoms with E-state index in [0.29, 0.717) is 0 Å². The van der Waals surface area contributed by atoms with Crippen molar-refractivity contribution in [2.24, 2.45) is 23.7 Å². The Morgan fingerprint density at radius 3 is 2.00 bits per heavy atom. The molecule has 4 atom stereocenters. The van der Waals surface area contributed by atoms with Crippen molar-refractivity contribution >= 4 is 11.9 Å². The summed E-state index contributed by atoms with van der Waals surface area (Å²) in [6.45, 7) is 0. The van der Waals surface area contributed by atoms with E-state index in [4.69, 9.17) is 4.74 Å². The molecule has 3 nitrogen and oxygen atoms in total. The first-order valence-electron chi connectivity index (χ1n) is 5.21. The number of rotatable bonds is 0. The van der Waals surface area contributed by atoms with Crippen LogP contribution < -0.4 is 0 Å². The fraction of sp³-hybridized carbons (Fsp3) is 0.636. The lowest BCUT2D eigenvalue weighted by Crippen LogP contribution is -2.31. The van der Waals surface area contributed by atoms with Crippen molar-refractivity contribution in [3.05, 3.63) is 12.2 Å². The van der Waals surface area contributed by atoms with Gasteiger partial charge in [0.15, 0.2) is 0 Å². The van der Waals surface area contributed by atoms with Crippen LogP contribution >= 0.6 is 0 Å². The second kappa shape index (κ2) is 2.69. The van der Waals surface area contributed by atoms with Crippen LogP contribution in [-0.4, -0.2) is 11.9 Å². The third-order valence-corrected chi connectivity index (χ3v) is 3.74. The van der Waals surface area contributed by atoms with Crippen molar-refractivity contribution in [1.82, 2.24) is 0 Å². The summed E-state index contributed by atoms with van der Waals surface area (Å²) in [4.78, 5) is 23.0. The lowest BCUT2D eigenvalue weighted by atomic mass is 9.73. The molecule has 3 aliphatic carbocycles. The van der Waals surface area contributed by atoms with Gasteiger partial charge in [-0.15, -0.1) is 0 Å². The van der Waals surface area contributed by atoms with Crippen molar-refractivity contribution in [1.29, 1.82) is 0 Å². The molecule has 1 saturated heterocycles. The molecule has 4 rings (SSSR count). The molecule has 1 saturated carbocycles. The van der Waals surface area contributed by atoms with Gasteiger partial charge in [-0.1, -0.05) is 18.6 Å². The Morgan fingerprint density at radius 1 is 1.00 bits per heavy atom. The highest BCUT2D eigenvalue weighted by Gasteiger charge is 2.53. The Kier molecular flexibility index (Phi) is 1.58. The quantitative estimate of drug-likeness (QED) is 0.330. The molecule has 1 heterocycles. The van der Waals surface area contributed by atoms with Gasteiger partial charge in [0.25, 0.3) is 0 Å². The molecule has 0 spiro atoms. The first-order valence-corrected chi connectivity index (χ1v) is 5.21. The van der Waals surface area contributed by atoms with Crippen molar-refractivity contribution in [2.75, 3.05) is 0 Å². The van der Waals surface area contributed by atoms with Crippen molar-refractivity contribution < 1.29 is 14.3 Å². The topological polar surface area (TPSA) is 43.4 Å². The fourth-order valence-electron chi connectivity index (χ4n) is 3.08. The Morgan fingerprint density at radius 2 is 1.50 bits per heavy atom. The van der Waals surface area contributed by atoms with Crippen LogP contribution in [0.15, 0.2) is 12.2 Å². The van der Waals surface area contributed by atoms with Crippen LogP contribution in [-0.2, 0) is 14.3 Å². The number of hydrogen-bond donors (Lipinski definition) is 0. The van der Waals surface area contributed by atoms with Crippen LogP contribution in [0.25, 0.3) is 0 Å². The van der Waals surface area contributed by atoms with E-state index in [1.807, 2.05) is 0 Å². The number of carbonyl (C=O) groups excluding carboxylic acids is 2. The molecular formula is C11H12O3. The fourth-order valence-corrected chi connectivity index (χ4v) is 3.08. The van der Waals surface area contributed by atoms with Crippen LogP contribution in [0.1, 0.15) is 19.3 Å². The van der Waals surface area contributed by atoms with Gasteiger partial charge in [0.2, 0.25) is 0 Å². The largest absolute Gasteiger partial charge is 0.393 e. The molecule has 0 radical (unpaired) electrons. The summed E-state index contributed by atoms with van der Waals surface area (Å²) in [5.41, 5.74) is 0. The summed E-state index contributed by atoms with van der Waals surface area (Å²) in [6, 6.07) is 0. The molecule has 14 heavy (non-hydrogen) atoms. The van der Waals surface area contributed by atoms with E-state index in [1.165, 1.54) is 0 Å². The number of esters is 2. The lowest BCUT2D eigenvalue weighted by molar-refractivity contribution is -0.154. The Labute approximate surface area is 82.1 Å². The monoisotopic (exact) mass is 192 g/mol. The summed E-state index contributed by atoms with van der Waals surface area (Å²) in [5, 5.41) is 0. The number of fused-ring (bicyclic) bond motifs is 2. The van der Waals surface area contributed by atoms with E-state index in [1.54, 1.807) is 0 Å². The first-order chi connectivity index (χ1) is 6.77. The number of cyclic esters (lactones) is 2. The molecular weight excluding hydrogens is 180 g/mol. The van der Waals surface area contributed by atoms with Crippen molar-refractivity contribution in [2.45, 2.75) is 19.3 Å². The molecule has 0 aromatic heterocycles. The molecule has 2 bridgehead atoms. The molecule has 0 amide bonds. The highest BCUT2D eigenvalue weighted by atomic mass is 16.6. The number of allylic oxidation sites excluding steroid dienone is 2. The molecule has 2 fully saturated rings. The summed E-state index contributed by atoms with van der Waals surface area (Å²) in [6.07, 6.45) is 7.39. The lowest BCUT2D eigenvalue weighted by Gasteiger charge is -2.25. The molecule has 0 N–H and O–H groups in total. The molecule has 0 aromatic carbocycles. The van der Waals surface area contributed by atoms with Gasteiger partial charge in [0.1, 0.15) is 0 Å². The van der Waals surface area contributed by atoms with Gasteiger partial charge in [0, 0.05) is 0 Å². The van der Waals surface area contributed by atoms with Crippen LogP contribution in [0.4, 0.5) is 0 Å². The van der Waals surface area contributed by atoms with Crippen molar-refractivity contribution in [3.8, 4) is 0 Å². The van der Waals surface area contributed by atoms with Crippen LogP contribution in [0.2, 0.25) is 0 Å². The van der Waals surface area contributed by atoms with Gasteiger partial charge < -0.3 is 4.74 Å². The number of ether oxygens (including phenoxy) is 1. The zero-order valence-electron chi connectivity index (χ0n) is 7.81. The molecule has 1 aliphatic heterocycles. The minimum atomic E-state index is -0.291. The Bertz CT molecular complexity index is 301. The predicted octanol–water partition coefficient (Wildman–Crippen LogP) is 1.29. The van der Waals surface area contributed by atoms with E-state index in [0.717, 1.165) is 19.3 Å². The van der Waals surface area contributed by atoms with Crippen molar-refractivity contribution in [3.63, 3.8) is 0 Å². The summed E-state index contributed by atoms with van der Waals surface area (Å²) in [7, 11) is 0. The minimum Gasteiger partial charge on any atom is -0.393 e. The second-order valence-electron chi connectivity index (χ2n) is 4.44. The summed E-state index contributed by atoms with van der Waals surface area (Å²) in [5.74, 6) is -0.419. The van der Waals surface area contributed by atoms with Gasteiger partial charge in [-0.2, -0.15) is 0 Å². The van der Waals surface area contributed by atoms with Gasteiger partial charge in [-0.25, -0.2) is 0 Å². The SMILES string of the molecule is O=C1OC(=O)[C@@H]2[C@@H]1[C@H]1C=C[C@H]2CCC1. The minimum absolute atomic E-state index is 0.167. The molecule has 0 unspecified atom stereocenters. The third kappa shape index (κ3) is 0.925. The second-order valence-corrected chi connectivity index (χ2v) is 4.44. The van der Waals surface area contributed by atoms with Crippen LogP contribution in [0.5, 0.6) is 0 Å². The number of carbonyl (C=O) groups is 2. The van der Waals surface area contributed by atoms with E-state index in [2.05, 4.69) is 12.2 Å². The highest BCUT2D eigenvalue weighted by Crippen LogP contribution is 2.46. The van der Waals surface area contributed by atoms with E-state index in [9.17, 15) is 9.59 Å². The zero-order valence-corrected chi connectivity index (χ0v) is 7.81. The van der Waals surface area contributed by atoms with Gasteiger partial charge >= 0.3 is 11.9 Å². The number of hydrogen-bond acceptors (Lipinski definition) is 3. The Hall–Kier alpha value is -1.12. The summed E-state index contributed by atoms with van der Waals surface area (Å²) < 4.78 is 4.73. The van der Waals surface area contributed by atoms with Gasteiger partial charge in [-0.3, -0.25) is 9.59 Å². The standard InChI is InChI=1S/C11H12O3/c12-10-8-6-2-1-3-7(5-4-6)9(8)11(13)14-10/h4-9H,1-3H2/t6-,7-,8+,9+/m1/s1.